The van der Waals surface area contributed by atoms with E-state index in [1.807, 2.05) is 0 Å². The standard InChI is InChI=1S/C12H23N3O/c1-13-12(16)11-3-6-15(7-4-11)5-2-10-8-14-9-10/h10-11,14H,2-9H2,1H3,(H,13,16). The van der Waals surface area contributed by atoms with Crippen LogP contribution in [0.4, 0.5) is 0 Å². The number of carbonyl (C=O) groups is 1. The molecule has 0 spiro atoms. The van der Waals surface area contributed by atoms with Crippen molar-refractivity contribution in [2.75, 3.05) is 39.8 Å². The maximum atomic E-state index is 11.5. The molecule has 0 aromatic heterocycles. The number of piperidine rings is 1. The summed E-state index contributed by atoms with van der Waals surface area (Å²) in [5.41, 5.74) is 0. The Bertz CT molecular complexity index is 232. The zero-order chi connectivity index (χ0) is 11.4. The van der Waals surface area contributed by atoms with Crippen LogP contribution in [-0.4, -0.2) is 50.6 Å². The molecule has 92 valence electrons. The van der Waals surface area contributed by atoms with Crippen LogP contribution in [-0.2, 0) is 4.79 Å². The van der Waals surface area contributed by atoms with Crippen LogP contribution < -0.4 is 10.6 Å². The monoisotopic (exact) mass is 225 g/mol. The first-order chi connectivity index (χ1) is 7.79. The fourth-order valence-electron chi connectivity index (χ4n) is 2.54. The number of carbonyl (C=O) groups excluding carboxylic acids is 1. The maximum absolute atomic E-state index is 11.5. The van der Waals surface area contributed by atoms with Crippen LogP contribution in [0.5, 0.6) is 0 Å². The van der Waals surface area contributed by atoms with E-state index in [0.717, 1.165) is 31.8 Å². The van der Waals surface area contributed by atoms with Crippen molar-refractivity contribution in [2.45, 2.75) is 19.3 Å². The molecule has 4 heteroatoms. The minimum absolute atomic E-state index is 0.225. The normalized spacial score (nSPS) is 24.1. The van der Waals surface area contributed by atoms with Crippen LogP contribution in [0, 0.1) is 11.8 Å². The third-order valence-electron chi connectivity index (χ3n) is 3.92. The predicted octanol–water partition coefficient (Wildman–Crippen LogP) is 0.0539. The van der Waals surface area contributed by atoms with Crippen LogP contribution in [0.25, 0.3) is 0 Å². The van der Waals surface area contributed by atoms with Gasteiger partial charge < -0.3 is 15.5 Å². The quantitative estimate of drug-likeness (QED) is 0.711. The summed E-state index contributed by atoms with van der Waals surface area (Å²) in [6, 6.07) is 0. The molecule has 2 heterocycles. The highest BCUT2D eigenvalue weighted by atomic mass is 16.1. The first-order valence-electron chi connectivity index (χ1n) is 6.44. The van der Waals surface area contributed by atoms with Crippen molar-refractivity contribution in [3.05, 3.63) is 0 Å². The summed E-state index contributed by atoms with van der Waals surface area (Å²) in [5, 5.41) is 6.06. The summed E-state index contributed by atoms with van der Waals surface area (Å²) in [6.07, 6.45) is 3.38. The summed E-state index contributed by atoms with van der Waals surface area (Å²) >= 11 is 0. The van der Waals surface area contributed by atoms with Gasteiger partial charge in [-0.3, -0.25) is 4.79 Å². The van der Waals surface area contributed by atoms with Crippen molar-refractivity contribution in [3.8, 4) is 0 Å². The molecule has 0 aliphatic carbocycles. The number of hydrogen-bond acceptors (Lipinski definition) is 3. The maximum Gasteiger partial charge on any atom is 0.222 e. The molecule has 4 nitrogen and oxygen atoms in total. The molecule has 0 unspecified atom stereocenters. The lowest BCUT2D eigenvalue weighted by Gasteiger charge is -2.34. The topological polar surface area (TPSA) is 44.4 Å². The Balaban J connectivity index is 1.62. The molecule has 2 saturated heterocycles. The molecule has 1 amide bonds. The molecule has 16 heavy (non-hydrogen) atoms. The first-order valence-corrected chi connectivity index (χ1v) is 6.44. The fourth-order valence-corrected chi connectivity index (χ4v) is 2.54. The SMILES string of the molecule is CNC(=O)C1CCN(CCC2CNC2)CC1. The number of nitrogens with zero attached hydrogens (tertiary/aromatic N) is 1. The van der Waals surface area contributed by atoms with Gasteiger partial charge in [-0.1, -0.05) is 0 Å². The molecule has 2 aliphatic rings. The van der Waals surface area contributed by atoms with Gasteiger partial charge in [0.2, 0.25) is 5.91 Å². The second-order valence-corrected chi connectivity index (χ2v) is 5.04. The Labute approximate surface area is 97.8 Å². The van der Waals surface area contributed by atoms with Gasteiger partial charge in [-0.15, -0.1) is 0 Å². The smallest absolute Gasteiger partial charge is 0.222 e. The summed E-state index contributed by atoms with van der Waals surface area (Å²) in [5.74, 6) is 1.38. The number of nitrogens with one attached hydrogen (secondary N) is 2. The van der Waals surface area contributed by atoms with Crippen LogP contribution in [0.15, 0.2) is 0 Å². The van der Waals surface area contributed by atoms with Gasteiger partial charge in [0, 0.05) is 13.0 Å². The summed E-state index contributed by atoms with van der Waals surface area (Å²) in [7, 11) is 1.73. The van der Waals surface area contributed by atoms with Gasteiger partial charge in [0.1, 0.15) is 0 Å². The first kappa shape index (κ1) is 11.9. The van der Waals surface area contributed by atoms with Crippen LogP contribution >= 0.6 is 0 Å². The molecule has 0 aromatic carbocycles. The van der Waals surface area contributed by atoms with Crippen molar-refractivity contribution < 1.29 is 4.79 Å². The Kier molecular flexibility index (Phi) is 4.18. The zero-order valence-electron chi connectivity index (χ0n) is 10.2. The van der Waals surface area contributed by atoms with E-state index in [1.54, 1.807) is 7.05 Å². The van der Waals surface area contributed by atoms with Crippen LogP contribution in [0.1, 0.15) is 19.3 Å². The molecular weight excluding hydrogens is 202 g/mol. The number of amides is 1. The van der Waals surface area contributed by atoms with E-state index >= 15 is 0 Å². The van der Waals surface area contributed by atoms with Gasteiger partial charge in [0.05, 0.1) is 0 Å². The van der Waals surface area contributed by atoms with Gasteiger partial charge in [-0.05, 0) is 57.9 Å². The van der Waals surface area contributed by atoms with Gasteiger partial charge in [-0.2, -0.15) is 0 Å². The highest BCUT2D eigenvalue weighted by Crippen LogP contribution is 2.18. The Morgan fingerprint density at radius 2 is 2.06 bits per heavy atom. The van der Waals surface area contributed by atoms with Crippen molar-refractivity contribution in [1.29, 1.82) is 0 Å². The minimum atomic E-state index is 0.225. The Morgan fingerprint density at radius 3 is 2.56 bits per heavy atom. The highest BCUT2D eigenvalue weighted by Gasteiger charge is 2.25. The molecule has 0 saturated carbocycles. The molecule has 2 fully saturated rings. The van der Waals surface area contributed by atoms with Gasteiger partial charge in [0.15, 0.2) is 0 Å². The lowest BCUT2D eigenvalue weighted by Crippen LogP contribution is -2.45. The number of hydrogen-bond donors (Lipinski definition) is 2. The minimum Gasteiger partial charge on any atom is -0.359 e. The largest absolute Gasteiger partial charge is 0.359 e. The molecule has 0 aromatic rings. The Morgan fingerprint density at radius 1 is 1.38 bits per heavy atom. The van der Waals surface area contributed by atoms with E-state index in [2.05, 4.69) is 15.5 Å². The van der Waals surface area contributed by atoms with Crippen LogP contribution in [0.2, 0.25) is 0 Å². The molecule has 0 atom stereocenters. The fraction of sp³-hybridized carbons (Fsp3) is 0.917. The van der Waals surface area contributed by atoms with Crippen molar-refractivity contribution in [1.82, 2.24) is 15.5 Å². The number of likely N-dealkylation sites (tertiary alicyclic amines) is 1. The van der Waals surface area contributed by atoms with E-state index in [1.165, 1.54) is 26.1 Å². The van der Waals surface area contributed by atoms with E-state index in [-0.39, 0.29) is 11.8 Å². The van der Waals surface area contributed by atoms with Gasteiger partial charge in [0.25, 0.3) is 0 Å². The Hall–Kier alpha value is -0.610. The predicted molar refractivity (Wildman–Crippen MR) is 64.2 cm³/mol. The van der Waals surface area contributed by atoms with E-state index in [0.29, 0.717) is 0 Å². The summed E-state index contributed by atoms with van der Waals surface area (Å²) in [6.45, 7) is 5.81. The van der Waals surface area contributed by atoms with Crippen molar-refractivity contribution >= 4 is 5.91 Å². The molecule has 0 radical (unpaired) electrons. The summed E-state index contributed by atoms with van der Waals surface area (Å²) in [4.78, 5) is 14.0. The zero-order valence-corrected chi connectivity index (χ0v) is 10.2. The average molecular weight is 225 g/mol. The molecule has 2 aliphatic heterocycles. The van der Waals surface area contributed by atoms with Gasteiger partial charge in [-0.25, -0.2) is 0 Å². The third-order valence-corrected chi connectivity index (χ3v) is 3.92. The second-order valence-electron chi connectivity index (χ2n) is 5.04. The lowest BCUT2D eigenvalue weighted by molar-refractivity contribution is -0.125. The number of rotatable bonds is 4. The third kappa shape index (κ3) is 2.95. The average Bonchev–Trinajstić information content (AvgIpc) is 2.27. The molecule has 2 N–H and O–H groups in total. The van der Waals surface area contributed by atoms with Crippen molar-refractivity contribution in [3.63, 3.8) is 0 Å². The molecular formula is C12H23N3O. The highest BCUT2D eigenvalue weighted by molar-refractivity contribution is 5.78. The second kappa shape index (κ2) is 5.64. The van der Waals surface area contributed by atoms with E-state index in [4.69, 9.17) is 0 Å². The van der Waals surface area contributed by atoms with Gasteiger partial charge >= 0.3 is 0 Å². The lowest BCUT2D eigenvalue weighted by atomic mass is 9.94. The van der Waals surface area contributed by atoms with Crippen molar-refractivity contribution in [2.24, 2.45) is 11.8 Å². The van der Waals surface area contributed by atoms with E-state index in [9.17, 15) is 4.79 Å². The molecule has 0 bridgehead atoms. The van der Waals surface area contributed by atoms with E-state index < -0.39 is 0 Å². The van der Waals surface area contributed by atoms with Crippen LogP contribution in [0.3, 0.4) is 0 Å². The summed E-state index contributed by atoms with van der Waals surface area (Å²) < 4.78 is 0. The molecule has 2 rings (SSSR count).